The summed E-state index contributed by atoms with van der Waals surface area (Å²) in [6.45, 7) is 4.51. The summed E-state index contributed by atoms with van der Waals surface area (Å²) >= 11 is 0. The fraction of sp³-hybridized carbons (Fsp3) is 0.0682. The molecule has 47 heavy (non-hydrogen) atoms. The number of nitriles is 1. The van der Waals surface area contributed by atoms with Crippen LogP contribution in [0, 0.1) is 11.3 Å². The first-order valence-corrected chi connectivity index (χ1v) is 15.9. The first-order valence-electron chi connectivity index (χ1n) is 15.9. The van der Waals surface area contributed by atoms with Gasteiger partial charge in [-0.2, -0.15) is 5.26 Å². The van der Waals surface area contributed by atoms with Gasteiger partial charge in [-0.15, -0.1) is 0 Å². The topological polar surface area (TPSA) is 49.6 Å². The van der Waals surface area contributed by atoms with Gasteiger partial charge >= 0.3 is 0 Å². The first-order chi connectivity index (χ1) is 23.0. The molecule has 8 rings (SSSR count). The highest BCUT2D eigenvalue weighted by Crippen LogP contribution is 2.50. The summed E-state index contributed by atoms with van der Waals surface area (Å²) in [6.07, 6.45) is 1.85. The zero-order valence-corrected chi connectivity index (χ0v) is 26.3. The fourth-order valence-electron chi connectivity index (χ4n) is 6.84. The van der Waals surface area contributed by atoms with Gasteiger partial charge < -0.3 is 0 Å². The van der Waals surface area contributed by atoms with Gasteiger partial charge in [0, 0.05) is 28.3 Å². The van der Waals surface area contributed by atoms with Gasteiger partial charge in [-0.3, -0.25) is 4.98 Å². The van der Waals surface area contributed by atoms with Crippen LogP contribution in [0.5, 0.6) is 0 Å². The number of pyridine rings is 2. The number of rotatable bonds is 5. The van der Waals surface area contributed by atoms with Gasteiger partial charge in [0.25, 0.3) is 0 Å². The highest BCUT2D eigenvalue weighted by atomic mass is 14.7. The molecule has 0 amide bonds. The Hall–Kier alpha value is -6.11. The van der Waals surface area contributed by atoms with Crippen molar-refractivity contribution in [2.45, 2.75) is 19.3 Å². The Morgan fingerprint density at radius 2 is 1.02 bits per heavy atom. The van der Waals surface area contributed by atoms with E-state index in [1.807, 2.05) is 42.6 Å². The van der Waals surface area contributed by atoms with E-state index >= 15 is 0 Å². The summed E-state index contributed by atoms with van der Waals surface area (Å²) < 4.78 is 0. The summed E-state index contributed by atoms with van der Waals surface area (Å²) in [7, 11) is 0. The van der Waals surface area contributed by atoms with Crippen LogP contribution in [0.15, 0.2) is 152 Å². The molecule has 2 aromatic heterocycles. The van der Waals surface area contributed by atoms with Gasteiger partial charge in [-0.1, -0.05) is 98.8 Å². The van der Waals surface area contributed by atoms with Crippen LogP contribution in [0.2, 0.25) is 0 Å². The minimum absolute atomic E-state index is 0.227. The molecule has 3 heteroatoms. The number of fused-ring (bicyclic) bond motifs is 3. The molecule has 0 bridgehead atoms. The maximum atomic E-state index is 9.59. The van der Waals surface area contributed by atoms with Crippen LogP contribution in [-0.4, -0.2) is 9.97 Å². The maximum absolute atomic E-state index is 9.59. The van der Waals surface area contributed by atoms with E-state index in [-0.39, 0.29) is 5.41 Å². The normalized spacial score (nSPS) is 12.6. The van der Waals surface area contributed by atoms with Crippen molar-refractivity contribution in [2.24, 2.45) is 0 Å². The van der Waals surface area contributed by atoms with Crippen molar-refractivity contribution in [2.75, 3.05) is 0 Å². The number of aromatic nitrogens is 2. The highest BCUT2D eigenvalue weighted by molar-refractivity contribution is 5.87. The molecule has 1 aliphatic rings. The Morgan fingerprint density at radius 1 is 0.468 bits per heavy atom. The molecule has 2 heterocycles. The van der Waals surface area contributed by atoms with Gasteiger partial charge in [0.15, 0.2) is 0 Å². The van der Waals surface area contributed by atoms with E-state index in [1.54, 1.807) is 0 Å². The molecular weight excluding hydrogens is 571 g/mol. The summed E-state index contributed by atoms with van der Waals surface area (Å²) in [5.74, 6) is 0. The molecule has 0 spiro atoms. The summed E-state index contributed by atoms with van der Waals surface area (Å²) in [6, 6.07) is 53.1. The third-order valence-corrected chi connectivity index (χ3v) is 9.33. The van der Waals surface area contributed by atoms with Crippen molar-refractivity contribution in [1.29, 1.82) is 5.26 Å². The highest BCUT2D eigenvalue weighted by Gasteiger charge is 2.35. The number of hydrogen-bond acceptors (Lipinski definition) is 3. The lowest BCUT2D eigenvalue weighted by molar-refractivity contribution is 0.660. The molecule has 222 valence electrons. The molecule has 0 fully saturated rings. The molecular formula is C44H31N3. The zero-order chi connectivity index (χ0) is 32.0. The Balaban J connectivity index is 1.32. The number of benzene rings is 5. The second-order valence-corrected chi connectivity index (χ2v) is 12.6. The first kappa shape index (κ1) is 28.4. The van der Waals surface area contributed by atoms with E-state index in [4.69, 9.17) is 9.97 Å². The number of hydrogen-bond donors (Lipinski definition) is 0. The quantitative estimate of drug-likeness (QED) is 0.197. The maximum Gasteiger partial charge on any atom is 0.0991 e. The van der Waals surface area contributed by atoms with Crippen LogP contribution in [-0.2, 0) is 5.41 Å². The van der Waals surface area contributed by atoms with E-state index in [1.165, 1.54) is 22.3 Å². The number of nitrogens with zero attached hydrogens (tertiary/aromatic N) is 3. The Labute approximate surface area is 275 Å². The second-order valence-electron chi connectivity index (χ2n) is 12.6. The Morgan fingerprint density at radius 3 is 1.64 bits per heavy atom. The van der Waals surface area contributed by atoms with Crippen molar-refractivity contribution >= 4 is 0 Å². The Kier molecular flexibility index (Phi) is 6.85. The van der Waals surface area contributed by atoms with Gasteiger partial charge in [0.2, 0.25) is 0 Å². The monoisotopic (exact) mass is 601 g/mol. The summed E-state index contributed by atoms with van der Waals surface area (Å²) in [4.78, 5) is 9.85. The average molecular weight is 602 g/mol. The molecule has 0 unspecified atom stereocenters. The molecule has 0 saturated heterocycles. The molecule has 0 N–H and O–H groups in total. The predicted octanol–water partition coefficient (Wildman–Crippen LogP) is 11.0. The fourth-order valence-corrected chi connectivity index (χ4v) is 6.84. The lowest BCUT2D eigenvalue weighted by Crippen LogP contribution is -2.15. The van der Waals surface area contributed by atoms with Gasteiger partial charge in [-0.05, 0) is 105 Å². The molecule has 0 aliphatic heterocycles. The van der Waals surface area contributed by atoms with Crippen molar-refractivity contribution in [1.82, 2.24) is 9.97 Å². The van der Waals surface area contributed by atoms with Crippen molar-refractivity contribution < 1.29 is 0 Å². The van der Waals surface area contributed by atoms with Crippen LogP contribution in [0.1, 0.15) is 30.5 Å². The zero-order valence-electron chi connectivity index (χ0n) is 26.3. The van der Waals surface area contributed by atoms with E-state index in [0.717, 1.165) is 56.0 Å². The minimum Gasteiger partial charge on any atom is -0.256 e. The average Bonchev–Trinajstić information content (AvgIpc) is 3.37. The third-order valence-electron chi connectivity index (χ3n) is 9.33. The standard InChI is InChI=1S/C44H31N3/c1-44(2)39-21-29(28-45)16-18-37(39)38-19-17-32(25-40(38)44)33-22-34(24-36(23-33)41-15-9-10-20-46-41)35-26-42(30-11-5-3-6-12-30)47-43(27-35)31-13-7-4-8-14-31/h3-27H,1-2H3. The SMILES string of the molecule is CC1(C)c2cc(C#N)ccc2-c2ccc(-c3cc(-c4cc(-c5ccccc5)nc(-c5ccccc5)c4)cc(-c4ccccn4)c3)cc21. The van der Waals surface area contributed by atoms with Gasteiger partial charge in [0.1, 0.15) is 0 Å². The predicted molar refractivity (Wildman–Crippen MR) is 191 cm³/mol. The van der Waals surface area contributed by atoms with Crippen LogP contribution in [0.3, 0.4) is 0 Å². The van der Waals surface area contributed by atoms with Gasteiger partial charge in [-0.25, -0.2) is 4.98 Å². The van der Waals surface area contributed by atoms with E-state index in [0.29, 0.717) is 5.56 Å². The van der Waals surface area contributed by atoms with Gasteiger partial charge in [0.05, 0.1) is 28.7 Å². The largest absolute Gasteiger partial charge is 0.256 e. The molecule has 1 aliphatic carbocycles. The van der Waals surface area contributed by atoms with Crippen LogP contribution in [0.4, 0.5) is 0 Å². The van der Waals surface area contributed by atoms with E-state index < -0.39 is 0 Å². The van der Waals surface area contributed by atoms with Crippen LogP contribution >= 0.6 is 0 Å². The van der Waals surface area contributed by atoms with Crippen molar-refractivity contribution in [3.05, 3.63) is 168 Å². The summed E-state index contributed by atoms with van der Waals surface area (Å²) in [5.41, 5.74) is 15.8. The van der Waals surface area contributed by atoms with Crippen molar-refractivity contribution in [3.8, 4) is 73.2 Å². The van der Waals surface area contributed by atoms with E-state index in [2.05, 4.69) is 129 Å². The molecule has 0 saturated carbocycles. The molecule has 0 radical (unpaired) electrons. The Bertz CT molecular complexity index is 2260. The smallest absolute Gasteiger partial charge is 0.0991 e. The lowest BCUT2D eigenvalue weighted by atomic mass is 9.81. The van der Waals surface area contributed by atoms with Crippen LogP contribution < -0.4 is 0 Å². The lowest BCUT2D eigenvalue weighted by Gasteiger charge is -2.22. The molecule has 3 nitrogen and oxygen atoms in total. The third kappa shape index (κ3) is 5.11. The van der Waals surface area contributed by atoms with E-state index in [9.17, 15) is 5.26 Å². The summed E-state index contributed by atoms with van der Waals surface area (Å²) in [5, 5.41) is 9.59. The van der Waals surface area contributed by atoms with Crippen LogP contribution in [0.25, 0.3) is 67.2 Å². The van der Waals surface area contributed by atoms with Crippen molar-refractivity contribution in [3.63, 3.8) is 0 Å². The molecule has 0 atom stereocenters. The molecule has 5 aromatic carbocycles. The second kappa shape index (κ2) is 11.4. The molecule has 7 aromatic rings. The minimum atomic E-state index is -0.227.